The van der Waals surface area contributed by atoms with Crippen molar-refractivity contribution < 1.29 is 0 Å². The predicted octanol–water partition coefficient (Wildman–Crippen LogP) is 3.24. The van der Waals surface area contributed by atoms with Crippen LogP contribution in [0, 0.1) is 11.8 Å². The van der Waals surface area contributed by atoms with Crippen molar-refractivity contribution in [3.8, 4) is 11.8 Å². The van der Waals surface area contributed by atoms with E-state index in [4.69, 9.17) is 0 Å². The Kier molecular flexibility index (Phi) is 4.02. The van der Waals surface area contributed by atoms with Gasteiger partial charge in [-0.05, 0) is 25.0 Å². The van der Waals surface area contributed by atoms with Crippen LogP contribution in [0.15, 0.2) is 55.6 Å². The summed E-state index contributed by atoms with van der Waals surface area (Å²) in [6, 6.07) is 10.2. The maximum Gasteiger partial charge on any atom is 0.0836 e. The van der Waals surface area contributed by atoms with Gasteiger partial charge in [-0.3, -0.25) is 4.90 Å². The van der Waals surface area contributed by atoms with E-state index in [2.05, 4.69) is 42.0 Å². The Hall–Kier alpha value is -1.78. The summed E-state index contributed by atoms with van der Waals surface area (Å²) in [6.45, 7) is 9.38. The predicted molar refractivity (Wildman–Crippen MR) is 77.3 cm³/mol. The third-order valence-electron chi connectivity index (χ3n) is 3.24. The molecule has 0 N–H and O–H groups in total. The Balaban J connectivity index is 2.14. The number of benzene rings is 1. The van der Waals surface area contributed by atoms with Crippen molar-refractivity contribution in [2.75, 3.05) is 13.1 Å². The zero-order chi connectivity index (χ0) is 12.8. The van der Waals surface area contributed by atoms with Crippen LogP contribution in [0.25, 0.3) is 0 Å². The lowest BCUT2D eigenvalue weighted by atomic mass is 10.1. The minimum atomic E-state index is 0.0538. The van der Waals surface area contributed by atoms with Crippen LogP contribution in [-0.4, -0.2) is 23.5 Å². The highest BCUT2D eigenvalue weighted by Crippen LogP contribution is 2.41. The van der Waals surface area contributed by atoms with E-state index in [0.717, 1.165) is 31.5 Å². The zero-order valence-corrected chi connectivity index (χ0v) is 10.7. The monoisotopic (exact) mass is 237 g/mol. The van der Waals surface area contributed by atoms with Crippen LogP contribution >= 0.6 is 0 Å². The van der Waals surface area contributed by atoms with Crippen molar-refractivity contribution in [3.63, 3.8) is 0 Å². The van der Waals surface area contributed by atoms with Gasteiger partial charge in [-0.15, -0.1) is 13.2 Å². The van der Waals surface area contributed by atoms with Gasteiger partial charge in [-0.1, -0.05) is 42.2 Å². The molecule has 0 bridgehead atoms. The summed E-state index contributed by atoms with van der Waals surface area (Å²) in [7, 11) is 0. The van der Waals surface area contributed by atoms with E-state index in [9.17, 15) is 0 Å². The summed E-state index contributed by atoms with van der Waals surface area (Å²) < 4.78 is 0. The number of rotatable bonds is 5. The molecule has 1 heteroatoms. The second-order valence-corrected chi connectivity index (χ2v) is 4.63. The molecule has 0 aromatic heterocycles. The van der Waals surface area contributed by atoms with E-state index < -0.39 is 0 Å². The van der Waals surface area contributed by atoms with Gasteiger partial charge in [0.25, 0.3) is 0 Å². The molecule has 0 heterocycles. The molecular formula is C17H19N. The van der Waals surface area contributed by atoms with E-state index >= 15 is 0 Å². The summed E-state index contributed by atoms with van der Waals surface area (Å²) in [4.78, 5) is 2.35. The topological polar surface area (TPSA) is 3.24 Å². The maximum atomic E-state index is 3.82. The molecule has 0 spiro atoms. The van der Waals surface area contributed by atoms with Gasteiger partial charge < -0.3 is 0 Å². The third-order valence-corrected chi connectivity index (χ3v) is 3.24. The molecule has 1 aromatic rings. The zero-order valence-electron chi connectivity index (χ0n) is 10.7. The van der Waals surface area contributed by atoms with E-state index in [0.29, 0.717) is 0 Å². The number of hydrogen-bond acceptors (Lipinski definition) is 1. The van der Waals surface area contributed by atoms with Crippen molar-refractivity contribution in [2.45, 2.75) is 18.4 Å². The fourth-order valence-corrected chi connectivity index (χ4v) is 2.08. The SMILES string of the molecule is C=CCN(CC=C)C1(C#Cc2ccccc2)CC1. The lowest BCUT2D eigenvalue weighted by molar-refractivity contribution is 0.272. The van der Waals surface area contributed by atoms with Crippen molar-refractivity contribution in [2.24, 2.45) is 0 Å². The van der Waals surface area contributed by atoms with Crippen LogP contribution < -0.4 is 0 Å². The second kappa shape index (κ2) is 5.71. The van der Waals surface area contributed by atoms with Crippen LogP contribution in [0.5, 0.6) is 0 Å². The molecule has 1 aliphatic carbocycles. The molecule has 18 heavy (non-hydrogen) atoms. The van der Waals surface area contributed by atoms with Crippen molar-refractivity contribution >= 4 is 0 Å². The fourth-order valence-electron chi connectivity index (χ4n) is 2.08. The molecule has 0 atom stereocenters. The van der Waals surface area contributed by atoms with Gasteiger partial charge in [0.15, 0.2) is 0 Å². The Morgan fingerprint density at radius 2 is 1.72 bits per heavy atom. The van der Waals surface area contributed by atoms with E-state index in [1.165, 1.54) is 0 Å². The summed E-state index contributed by atoms with van der Waals surface area (Å²) in [5.74, 6) is 6.72. The summed E-state index contributed by atoms with van der Waals surface area (Å²) in [6.07, 6.45) is 6.17. The molecule has 0 saturated heterocycles. The molecule has 0 aliphatic heterocycles. The molecule has 1 saturated carbocycles. The Bertz CT molecular complexity index is 461. The molecular weight excluding hydrogens is 218 g/mol. The van der Waals surface area contributed by atoms with Crippen LogP contribution in [0.4, 0.5) is 0 Å². The number of nitrogens with zero attached hydrogens (tertiary/aromatic N) is 1. The molecule has 0 unspecified atom stereocenters. The molecule has 0 amide bonds. The highest BCUT2D eigenvalue weighted by Gasteiger charge is 2.45. The first-order valence-electron chi connectivity index (χ1n) is 6.36. The van der Waals surface area contributed by atoms with Crippen LogP contribution in [0.2, 0.25) is 0 Å². The van der Waals surface area contributed by atoms with Crippen LogP contribution in [0.3, 0.4) is 0 Å². The molecule has 1 nitrogen and oxygen atoms in total. The number of hydrogen-bond donors (Lipinski definition) is 0. The lowest BCUT2D eigenvalue weighted by Crippen LogP contribution is -2.36. The highest BCUT2D eigenvalue weighted by atomic mass is 15.2. The molecule has 0 radical (unpaired) electrons. The first kappa shape index (κ1) is 12.7. The van der Waals surface area contributed by atoms with Gasteiger partial charge in [0.2, 0.25) is 0 Å². The Labute approximate surface area is 110 Å². The highest BCUT2D eigenvalue weighted by molar-refractivity contribution is 5.39. The molecule has 92 valence electrons. The first-order chi connectivity index (χ1) is 8.80. The summed E-state index contributed by atoms with van der Waals surface area (Å²) in [5, 5.41) is 0. The molecule has 1 aromatic carbocycles. The van der Waals surface area contributed by atoms with E-state index in [-0.39, 0.29) is 5.54 Å². The third kappa shape index (κ3) is 2.91. The van der Waals surface area contributed by atoms with Gasteiger partial charge in [-0.2, -0.15) is 0 Å². The quantitative estimate of drug-likeness (QED) is 0.561. The normalized spacial score (nSPS) is 15.6. The molecule has 1 aliphatic rings. The average molecular weight is 237 g/mol. The van der Waals surface area contributed by atoms with Gasteiger partial charge in [0, 0.05) is 18.7 Å². The maximum absolute atomic E-state index is 3.82. The van der Waals surface area contributed by atoms with Crippen molar-refractivity contribution in [3.05, 3.63) is 61.2 Å². The molecule has 2 rings (SSSR count). The lowest BCUT2D eigenvalue weighted by Gasteiger charge is -2.25. The Morgan fingerprint density at radius 1 is 1.11 bits per heavy atom. The van der Waals surface area contributed by atoms with Crippen molar-refractivity contribution in [1.29, 1.82) is 0 Å². The standard InChI is InChI=1S/C17H19N/c1-3-14-18(15-4-2)17(12-13-17)11-10-16-8-6-5-7-9-16/h3-9H,1-2,12-15H2. The van der Waals surface area contributed by atoms with E-state index in [1.54, 1.807) is 0 Å². The van der Waals surface area contributed by atoms with E-state index in [1.807, 2.05) is 30.4 Å². The minimum absolute atomic E-state index is 0.0538. The van der Waals surface area contributed by atoms with Gasteiger partial charge in [0.05, 0.1) is 5.54 Å². The van der Waals surface area contributed by atoms with Crippen LogP contribution in [-0.2, 0) is 0 Å². The fraction of sp³-hybridized carbons (Fsp3) is 0.294. The Morgan fingerprint density at radius 3 is 2.22 bits per heavy atom. The minimum Gasteiger partial charge on any atom is -0.280 e. The summed E-state index contributed by atoms with van der Waals surface area (Å²) >= 11 is 0. The van der Waals surface area contributed by atoms with Gasteiger partial charge in [-0.25, -0.2) is 0 Å². The van der Waals surface area contributed by atoms with Crippen LogP contribution in [0.1, 0.15) is 18.4 Å². The van der Waals surface area contributed by atoms with Gasteiger partial charge in [0.1, 0.15) is 0 Å². The van der Waals surface area contributed by atoms with Gasteiger partial charge >= 0.3 is 0 Å². The smallest absolute Gasteiger partial charge is 0.0836 e. The average Bonchev–Trinajstić information content (AvgIpc) is 3.19. The largest absolute Gasteiger partial charge is 0.280 e. The summed E-state index contributed by atoms with van der Waals surface area (Å²) in [5.41, 5.74) is 1.14. The molecule has 1 fully saturated rings. The van der Waals surface area contributed by atoms with Crippen molar-refractivity contribution in [1.82, 2.24) is 4.90 Å². The first-order valence-corrected chi connectivity index (χ1v) is 6.36. The second-order valence-electron chi connectivity index (χ2n) is 4.63.